The molecule has 4 aromatic carbocycles. The summed E-state index contributed by atoms with van der Waals surface area (Å²) in [6.07, 6.45) is 1.66. The topological polar surface area (TPSA) is 94.2 Å². The molecule has 3 amide bonds. The number of nitrogens with zero attached hydrogens (tertiary/aromatic N) is 1. The summed E-state index contributed by atoms with van der Waals surface area (Å²) in [5, 5.41) is 4.64. The van der Waals surface area contributed by atoms with Crippen LogP contribution in [0.5, 0.6) is 17.2 Å². The van der Waals surface area contributed by atoms with E-state index in [1.807, 2.05) is 48.5 Å². The average molecular weight is 587 g/mol. The smallest absolute Gasteiger partial charge is 0.294 e. The number of hydrogen-bond acceptors (Lipinski definition) is 7. The van der Waals surface area contributed by atoms with Crippen molar-refractivity contribution in [3.8, 4) is 17.2 Å². The van der Waals surface area contributed by atoms with Gasteiger partial charge >= 0.3 is 0 Å². The third kappa shape index (κ3) is 5.86. The summed E-state index contributed by atoms with van der Waals surface area (Å²) in [5.41, 5.74) is 2.07. The Hall–Kier alpha value is -4.47. The molecule has 1 fully saturated rings. The van der Waals surface area contributed by atoms with Gasteiger partial charge in [-0.15, -0.1) is 0 Å². The zero-order chi connectivity index (χ0) is 28.3. The highest BCUT2D eigenvalue weighted by Crippen LogP contribution is 2.37. The van der Waals surface area contributed by atoms with Gasteiger partial charge in [0.1, 0.15) is 32.1 Å². The maximum atomic E-state index is 13.3. The molecule has 6 rings (SSSR count). The van der Waals surface area contributed by atoms with Gasteiger partial charge in [-0.1, -0.05) is 54.1 Å². The average Bonchev–Trinajstić information content (AvgIpc) is 3.24. The van der Waals surface area contributed by atoms with Crippen LogP contribution in [0.1, 0.15) is 11.1 Å². The van der Waals surface area contributed by atoms with Gasteiger partial charge in [-0.25, -0.2) is 0 Å². The monoisotopic (exact) mass is 586 g/mol. The lowest BCUT2D eigenvalue weighted by molar-refractivity contribution is -0.127. The van der Waals surface area contributed by atoms with E-state index < -0.39 is 23.6 Å². The van der Waals surface area contributed by atoms with Gasteiger partial charge in [0.25, 0.3) is 11.1 Å². The summed E-state index contributed by atoms with van der Waals surface area (Å²) in [5.74, 6) is 0.612. The van der Waals surface area contributed by atoms with Crippen molar-refractivity contribution in [3.05, 3.63) is 99.9 Å². The minimum absolute atomic E-state index is 0.204. The van der Waals surface area contributed by atoms with Gasteiger partial charge in [-0.2, -0.15) is 0 Å². The van der Waals surface area contributed by atoms with E-state index in [0.29, 0.717) is 46.7 Å². The highest BCUT2D eigenvalue weighted by atomic mass is 35.5. The Kier molecular flexibility index (Phi) is 7.54. The number of fused-ring (bicyclic) bond motifs is 2. The fourth-order valence-corrected chi connectivity index (χ4v) is 5.47. The molecule has 4 aromatic rings. The Morgan fingerprint density at radius 2 is 1.76 bits per heavy atom. The van der Waals surface area contributed by atoms with Crippen LogP contribution < -0.4 is 19.5 Å². The van der Waals surface area contributed by atoms with E-state index in [2.05, 4.69) is 5.32 Å². The van der Waals surface area contributed by atoms with Gasteiger partial charge in [0.15, 0.2) is 11.5 Å². The number of ether oxygens (including phenoxy) is 3. The molecule has 2 heterocycles. The van der Waals surface area contributed by atoms with E-state index in [1.165, 1.54) is 0 Å². The van der Waals surface area contributed by atoms with Crippen molar-refractivity contribution < 1.29 is 28.6 Å². The molecule has 1 saturated heterocycles. The molecule has 2 aliphatic heterocycles. The first kappa shape index (κ1) is 26.7. The normalized spacial score (nSPS) is 15.4. The molecule has 0 unspecified atom stereocenters. The molecule has 0 atom stereocenters. The fraction of sp³-hybridized carbons (Fsp3) is 0.129. The molecule has 0 spiro atoms. The number of amides is 3. The second kappa shape index (κ2) is 11.6. The molecule has 8 nitrogen and oxygen atoms in total. The number of thioether (sulfide) groups is 1. The van der Waals surface area contributed by atoms with Crippen molar-refractivity contribution in [2.75, 3.05) is 25.1 Å². The standard InChI is InChI=1S/C31H23ClN2O6S/c32-21-8-5-19(6-9-21)18-40-25-11-7-20-3-1-2-4-23(20)24(25)16-28-30(36)34(31(37)41-28)17-29(35)33-22-10-12-26-27(15-22)39-14-13-38-26/h1-12,15-16H,13-14,17-18H2,(H,33,35)/b28-16+. The highest BCUT2D eigenvalue weighted by Gasteiger charge is 2.36. The number of hydrogen-bond donors (Lipinski definition) is 1. The minimum Gasteiger partial charge on any atom is -0.488 e. The van der Waals surface area contributed by atoms with Crippen molar-refractivity contribution in [2.24, 2.45) is 0 Å². The quantitative estimate of drug-likeness (QED) is 0.246. The SMILES string of the molecule is O=C(CN1C(=O)S/C(=C/c2c(OCc3ccc(Cl)cc3)ccc3ccccc23)C1=O)Nc1ccc2c(c1)OCCO2. The molecule has 0 aromatic heterocycles. The molecule has 2 aliphatic rings. The van der Waals surface area contributed by atoms with Gasteiger partial charge in [0, 0.05) is 22.3 Å². The van der Waals surface area contributed by atoms with Gasteiger partial charge < -0.3 is 19.5 Å². The largest absolute Gasteiger partial charge is 0.488 e. The van der Waals surface area contributed by atoms with Crippen LogP contribution in [0.25, 0.3) is 16.8 Å². The van der Waals surface area contributed by atoms with Crippen molar-refractivity contribution in [2.45, 2.75) is 6.61 Å². The minimum atomic E-state index is -0.547. The Labute approximate surface area is 244 Å². The molecule has 206 valence electrons. The van der Waals surface area contributed by atoms with E-state index in [1.54, 1.807) is 36.4 Å². The number of anilines is 1. The second-order valence-corrected chi connectivity index (χ2v) is 10.7. The fourth-order valence-electron chi connectivity index (χ4n) is 4.52. The van der Waals surface area contributed by atoms with Crippen LogP contribution >= 0.6 is 23.4 Å². The molecule has 0 saturated carbocycles. The van der Waals surface area contributed by atoms with Crippen molar-refractivity contribution >= 4 is 63.0 Å². The number of nitrogens with one attached hydrogen (secondary N) is 1. The zero-order valence-electron chi connectivity index (χ0n) is 21.6. The van der Waals surface area contributed by atoms with Gasteiger partial charge in [0.05, 0.1) is 4.91 Å². The Bertz CT molecular complexity index is 1710. The third-order valence-corrected chi connectivity index (χ3v) is 7.67. The van der Waals surface area contributed by atoms with Crippen LogP contribution in [0.15, 0.2) is 83.8 Å². The Morgan fingerprint density at radius 1 is 0.976 bits per heavy atom. The van der Waals surface area contributed by atoms with Gasteiger partial charge in [0.2, 0.25) is 5.91 Å². The highest BCUT2D eigenvalue weighted by molar-refractivity contribution is 8.18. The first-order chi connectivity index (χ1) is 19.9. The summed E-state index contributed by atoms with van der Waals surface area (Å²) < 4.78 is 17.2. The van der Waals surface area contributed by atoms with E-state index in [0.717, 1.165) is 33.0 Å². The molecule has 1 N–H and O–H groups in total. The third-order valence-electron chi connectivity index (χ3n) is 6.51. The molecule has 0 radical (unpaired) electrons. The summed E-state index contributed by atoms with van der Waals surface area (Å²) in [6, 6.07) is 23.9. The molecule has 41 heavy (non-hydrogen) atoms. The number of halogens is 1. The molecular formula is C31H23ClN2O6S. The van der Waals surface area contributed by atoms with Crippen molar-refractivity contribution in [1.29, 1.82) is 0 Å². The van der Waals surface area contributed by atoms with Crippen molar-refractivity contribution in [3.63, 3.8) is 0 Å². The Balaban J connectivity index is 1.22. The van der Waals surface area contributed by atoms with E-state index in [4.69, 9.17) is 25.8 Å². The van der Waals surface area contributed by atoms with Crippen LogP contribution in [0.2, 0.25) is 5.02 Å². The Morgan fingerprint density at radius 3 is 2.59 bits per heavy atom. The maximum Gasteiger partial charge on any atom is 0.294 e. The lowest BCUT2D eigenvalue weighted by Gasteiger charge is -2.19. The van der Waals surface area contributed by atoms with E-state index >= 15 is 0 Å². The lowest BCUT2D eigenvalue weighted by atomic mass is 10.0. The molecule has 10 heteroatoms. The summed E-state index contributed by atoms with van der Waals surface area (Å²) >= 11 is 6.79. The summed E-state index contributed by atoms with van der Waals surface area (Å²) in [7, 11) is 0. The van der Waals surface area contributed by atoms with Crippen LogP contribution in [0.4, 0.5) is 10.5 Å². The predicted octanol–water partition coefficient (Wildman–Crippen LogP) is 6.52. The maximum absolute atomic E-state index is 13.3. The number of rotatable bonds is 7. The van der Waals surface area contributed by atoms with Gasteiger partial charge in [-0.3, -0.25) is 19.3 Å². The number of benzene rings is 4. The summed E-state index contributed by atoms with van der Waals surface area (Å²) in [4.78, 5) is 40.0. The first-order valence-electron chi connectivity index (χ1n) is 12.8. The van der Waals surface area contributed by atoms with Crippen LogP contribution in [0.3, 0.4) is 0 Å². The molecular weight excluding hydrogens is 564 g/mol. The predicted molar refractivity (Wildman–Crippen MR) is 158 cm³/mol. The van der Waals surface area contributed by atoms with E-state index in [9.17, 15) is 14.4 Å². The van der Waals surface area contributed by atoms with E-state index in [-0.39, 0.29) is 11.5 Å². The van der Waals surface area contributed by atoms with Crippen LogP contribution in [-0.2, 0) is 16.2 Å². The first-order valence-corrected chi connectivity index (χ1v) is 14.0. The zero-order valence-corrected chi connectivity index (χ0v) is 23.2. The number of imide groups is 1. The number of carbonyl (C=O) groups excluding carboxylic acids is 3. The molecule has 0 aliphatic carbocycles. The summed E-state index contributed by atoms with van der Waals surface area (Å²) in [6.45, 7) is 0.738. The lowest BCUT2D eigenvalue weighted by Crippen LogP contribution is -2.36. The van der Waals surface area contributed by atoms with Crippen molar-refractivity contribution in [1.82, 2.24) is 4.90 Å². The molecule has 0 bridgehead atoms. The van der Waals surface area contributed by atoms with Crippen LogP contribution in [0, 0.1) is 0 Å². The van der Waals surface area contributed by atoms with Crippen LogP contribution in [-0.4, -0.2) is 41.7 Å². The number of carbonyl (C=O) groups is 3. The second-order valence-electron chi connectivity index (χ2n) is 9.29. The van der Waals surface area contributed by atoms with Gasteiger partial charge in [-0.05, 0) is 64.5 Å².